The minimum Gasteiger partial charge on any atom is -0.353 e. The van der Waals surface area contributed by atoms with E-state index >= 15 is 0 Å². The maximum atomic E-state index is 4.98. The summed E-state index contributed by atoms with van der Waals surface area (Å²) < 4.78 is 0. The Balaban J connectivity index is 0.000000960. The van der Waals surface area contributed by atoms with Gasteiger partial charge in [0.05, 0.1) is 16.9 Å². The van der Waals surface area contributed by atoms with Crippen LogP contribution in [-0.2, 0) is 0 Å². The standard InChI is InChI=1S/C16H18N4S.2ClH/c1-11-10-12-15(20-8-6-17-7-9-20)18-13-4-2-3-5-14(13)19-16(12)21-11;;/h2-5,10,17,19H,6-9H2,1H3;2*1H. The first-order chi connectivity index (χ1) is 10.3. The summed E-state index contributed by atoms with van der Waals surface area (Å²) in [6.07, 6.45) is 0. The van der Waals surface area contributed by atoms with Gasteiger partial charge in [-0.25, -0.2) is 4.99 Å². The molecule has 0 radical (unpaired) electrons. The molecule has 0 saturated carbocycles. The number of hydrogen-bond donors (Lipinski definition) is 2. The number of nitrogens with zero attached hydrogens (tertiary/aromatic N) is 2. The predicted molar refractivity (Wildman–Crippen MR) is 104 cm³/mol. The molecule has 1 fully saturated rings. The second-order valence-electron chi connectivity index (χ2n) is 5.41. The van der Waals surface area contributed by atoms with E-state index in [1.165, 1.54) is 15.4 Å². The predicted octanol–water partition coefficient (Wildman–Crippen LogP) is 3.94. The summed E-state index contributed by atoms with van der Waals surface area (Å²) in [5.74, 6) is 1.10. The lowest BCUT2D eigenvalue weighted by Gasteiger charge is -2.30. The molecule has 4 rings (SSSR count). The average molecular weight is 371 g/mol. The van der Waals surface area contributed by atoms with Crippen molar-refractivity contribution in [2.45, 2.75) is 6.92 Å². The first kappa shape index (κ1) is 18.1. The molecule has 1 saturated heterocycles. The molecule has 3 heterocycles. The van der Waals surface area contributed by atoms with Gasteiger partial charge in [-0.2, -0.15) is 0 Å². The van der Waals surface area contributed by atoms with Gasteiger partial charge in [-0.15, -0.1) is 36.2 Å². The Bertz CT molecular complexity index is 708. The number of rotatable bonds is 0. The molecular formula is C16H20Cl2N4S. The van der Waals surface area contributed by atoms with E-state index in [1.807, 2.05) is 6.07 Å². The molecule has 2 aromatic rings. The average Bonchev–Trinajstić information content (AvgIpc) is 2.80. The van der Waals surface area contributed by atoms with Crippen molar-refractivity contribution >= 4 is 58.4 Å². The molecule has 0 spiro atoms. The summed E-state index contributed by atoms with van der Waals surface area (Å²) in [5.41, 5.74) is 3.34. The van der Waals surface area contributed by atoms with Crippen molar-refractivity contribution in [3.8, 4) is 0 Å². The molecule has 2 aliphatic heterocycles. The Labute approximate surface area is 152 Å². The van der Waals surface area contributed by atoms with Crippen molar-refractivity contribution in [3.05, 3.63) is 40.8 Å². The molecule has 1 aromatic heterocycles. The Morgan fingerprint density at radius 2 is 1.87 bits per heavy atom. The third kappa shape index (κ3) is 3.48. The largest absolute Gasteiger partial charge is 0.353 e. The number of fused-ring (bicyclic) bond motifs is 2. The number of amidine groups is 1. The highest BCUT2D eigenvalue weighted by Crippen LogP contribution is 2.38. The smallest absolute Gasteiger partial charge is 0.139 e. The maximum absolute atomic E-state index is 4.98. The van der Waals surface area contributed by atoms with Gasteiger partial charge in [0.25, 0.3) is 0 Å². The quantitative estimate of drug-likeness (QED) is 0.737. The van der Waals surface area contributed by atoms with E-state index in [0.29, 0.717) is 0 Å². The number of aryl methyl sites for hydroxylation is 1. The van der Waals surface area contributed by atoms with Crippen molar-refractivity contribution in [2.24, 2.45) is 4.99 Å². The molecule has 2 N–H and O–H groups in total. The molecule has 4 nitrogen and oxygen atoms in total. The fourth-order valence-corrected chi connectivity index (χ4v) is 3.78. The van der Waals surface area contributed by atoms with Gasteiger partial charge in [0.2, 0.25) is 0 Å². The number of nitrogens with one attached hydrogen (secondary N) is 2. The number of hydrogen-bond acceptors (Lipinski definition) is 5. The Hall–Kier alpha value is -1.27. The van der Waals surface area contributed by atoms with Gasteiger partial charge in [0.1, 0.15) is 10.8 Å². The molecule has 0 aliphatic carbocycles. The van der Waals surface area contributed by atoms with E-state index < -0.39 is 0 Å². The van der Waals surface area contributed by atoms with E-state index in [2.05, 4.69) is 46.7 Å². The third-order valence-electron chi connectivity index (χ3n) is 3.89. The lowest BCUT2D eigenvalue weighted by molar-refractivity contribution is 0.358. The minimum atomic E-state index is 0. The number of benzene rings is 1. The van der Waals surface area contributed by atoms with Gasteiger partial charge in [0.15, 0.2) is 0 Å². The number of halogens is 2. The van der Waals surface area contributed by atoms with Crippen LogP contribution in [0.15, 0.2) is 35.3 Å². The number of anilines is 2. The highest BCUT2D eigenvalue weighted by molar-refractivity contribution is 7.16. The number of piperazine rings is 1. The zero-order chi connectivity index (χ0) is 14.2. The molecule has 2 aliphatic rings. The molecular weight excluding hydrogens is 351 g/mol. The Morgan fingerprint density at radius 1 is 1.13 bits per heavy atom. The summed E-state index contributed by atoms with van der Waals surface area (Å²) in [7, 11) is 0. The molecule has 0 amide bonds. The summed E-state index contributed by atoms with van der Waals surface area (Å²) in [6.45, 7) is 6.21. The van der Waals surface area contributed by atoms with Crippen LogP contribution < -0.4 is 10.6 Å². The van der Waals surface area contributed by atoms with Crippen LogP contribution in [0.2, 0.25) is 0 Å². The zero-order valence-electron chi connectivity index (χ0n) is 12.8. The lowest BCUT2D eigenvalue weighted by atomic mass is 10.2. The van der Waals surface area contributed by atoms with Crippen molar-refractivity contribution in [1.82, 2.24) is 10.2 Å². The van der Waals surface area contributed by atoms with Gasteiger partial charge in [-0.3, -0.25) is 0 Å². The van der Waals surface area contributed by atoms with Crippen LogP contribution in [0.4, 0.5) is 16.4 Å². The minimum absolute atomic E-state index is 0. The number of thiophene rings is 1. The molecule has 0 atom stereocenters. The van der Waals surface area contributed by atoms with Crippen molar-refractivity contribution in [1.29, 1.82) is 0 Å². The van der Waals surface area contributed by atoms with Crippen LogP contribution in [-0.4, -0.2) is 36.9 Å². The summed E-state index contributed by atoms with van der Waals surface area (Å²) in [5, 5.41) is 8.17. The zero-order valence-corrected chi connectivity index (χ0v) is 15.3. The molecule has 124 valence electrons. The van der Waals surface area contributed by atoms with E-state index in [0.717, 1.165) is 43.4 Å². The van der Waals surface area contributed by atoms with Crippen molar-refractivity contribution < 1.29 is 0 Å². The van der Waals surface area contributed by atoms with Gasteiger partial charge in [0, 0.05) is 31.1 Å². The summed E-state index contributed by atoms with van der Waals surface area (Å²) in [6, 6.07) is 10.5. The first-order valence-corrected chi connectivity index (χ1v) is 8.14. The molecule has 0 bridgehead atoms. The van der Waals surface area contributed by atoms with Gasteiger partial charge in [-0.1, -0.05) is 12.1 Å². The summed E-state index contributed by atoms with van der Waals surface area (Å²) >= 11 is 1.80. The van der Waals surface area contributed by atoms with Gasteiger partial charge < -0.3 is 15.5 Å². The van der Waals surface area contributed by atoms with Crippen LogP contribution in [0.1, 0.15) is 10.4 Å². The normalized spacial score (nSPS) is 15.9. The topological polar surface area (TPSA) is 39.7 Å². The lowest BCUT2D eigenvalue weighted by Crippen LogP contribution is -2.46. The second-order valence-corrected chi connectivity index (χ2v) is 6.67. The van der Waals surface area contributed by atoms with Crippen molar-refractivity contribution in [2.75, 3.05) is 31.5 Å². The third-order valence-corrected chi connectivity index (χ3v) is 4.86. The Morgan fingerprint density at radius 3 is 2.65 bits per heavy atom. The van der Waals surface area contributed by atoms with Crippen LogP contribution in [0.3, 0.4) is 0 Å². The highest BCUT2D eigenvalue weighted by Gasteiger charge is 2.24. The van der Waals surface area contributed by atoms with Crippen molar-refractivity contribution in [3.63, 3.8) is 0 Å². The van der Waals surface area contributed by atoms with Gasteiger partial charge >= 0.3 is 0 Å². The van der Waals surface area contributed by atoms with Gasteiger partial charge in [-0.05, 0) is 25.1 Å². The fourth-order valence-electron chi connectivity index (χ4n) is 2.86. The Kier molecular flexibility index (Phi) is 5.92. The van der Waals surface area contributed by atoms with Crippen LogP contribution in [0.5, 0.6) is 0 Å². The monoisotopic (exact) mass is 370 g/mol. The highest BCUT2D eigenvalue weighted by atomic mass is 35.5. The molecule has 1 aromatic carbocycles. The SMILES string of the molecule is Cc1cc2c(s1)Nc1ccccc1N=C2N1CCNCC1.Cl.Cl. The van der Waals surface area contributed by atoms with Crippen LogP contribution >= 0.6 is 36.2 Å². The van der Waals surface area contributed by atoms with E-state index in [-0.39, 0.29) is 24.8 Å². The second kappa shape index (κ2) is 7.53. The van der Waals surface area contributed by atoms with Crippen LogP contribution in [0, 0.1) is 6.92 Å². The fraction of sp³-hybridized carbons (Fsp3) is 0.312. The van der Waals surface area contributed by atoms with E-state index in [4.69, 9.17) is 4.99 Å². The molecule has 7 heteroatoms. The van der Waals surface area contributed by atoms with Crippen LogP contribution in [0.25, 0.3) is 0 Å². The molecule has 23 heavy (non-hydrogen) atoms. The molecule has 0 unspecified atom stereocenters. The number of para-hydroxylation sites is 2. The number of aliphatic imine (C=N–C) groups is 1. The summed E-state index contributed by atoms with van der Waals surface area (Å²) in [4.78, 5) is 8.69. The first-order valence-electron chi connectivity index (χ1n) is 7.32. The van der Waals surface area contributed by atoms with E-state index in [9.17, 15) is 0 Å². The van der Waals surface area contributed by atoms with E-state index in [1.54, 1.807) is 11.3 Å². The maximum Gasteiger partial charge on any atom is 0.139 e.